The molecule has 108 valence electrons. The van der Waals surface area contributed by atoms with Crippen molar-refractivity contribution in [2.75, 3.05) is 6.54 Å². The highest BCUT2D eigenvalue weighted by Gasteiger charge is 2.25. The molecule has 0 aliphatic heterocycles. The van der Waals surface area contributed by atoms with Crippen LogP contribution in [0, 0.1) is 6.92 Å². The predicted octanol–water partition coefficient (Wildman–Crippen LogP) is 2.39. The molecule has 4 nitrogen and oxygen atoms in total. The number of thiophene rings is 1. The van der Waals surface area contributed by atoms with Gasteiger partial charge in [0.15, 0.2) is 0 Å². The minimum absolute atomic E-state index is 0.488. The fourth-order valence-corrected chi connectivity index (χ4v) is 4.78. The first kappa shape index (κ1) is 15.0. The van der Waals surface area contributed by atoms with Crippen LogP contribution in [-0.4, -0.2) is 21.0 Å². The number of nitrogens with one attached hydrogen (secondary N) is 2. The van der Waals surface area contributed by atoms with Gasteiger partial charge in [0.2, 0.25) is 10.0 Å². The first-order valence-corrected chi connectivity index (χ1v) is 9.21. The van der Waals surface area contributed by atoms with Crippen LogP contribution in [-0.2, 0) is 16.6 Å². The molecule has 1 aromatic rings. The average molecular weight is 302 g/mol. The number of sulfonamides is 1. The van der Waals surface area contributed by atoms with Crippen LogP contribution in [0.5, 0.6) is 0 Å². The molecule has 1 aromatic heterocycles. The molecule has 1 fully saturated rings. The van der Waals surface area contributed by atoms with Crippen LogP contribution in [0.2, 0.25) is 0 Å². The van der Waals surface area contributed by atoms with Gasteiger partial charge in [-0.3, -0.25) is 0 Å². The van der Waals surface area contributed by atoms with E-state index in [1.807, 2.05) is 12.3 Å². The molecule has 6 heteroatoms. The number of hydrogen-bond acceptors (Lipinski definition) is 4. The van der Waals surface area contributed by atoms with Gasteiger partial charge in [-0.05, 0) is 37.1 Å². The molecule has 0 spiro atoms. The highest BCUT2D eigenvalue weighted by Crippen LogP contribution is 2.28. The Balaban J connectivity index is 2.09. The predicted molar refractivity (Wildman–Crippen MR) is 79.0 cm³/mol. The lowest BCUT2D eigenvalue weighted by atomic mass is 10.3. The van der Waals surface area contributed by atoms with E-state index in [0.29, 0.717) is 24.0 Å². The Hall–Kier alpha value is -0.430. The zero-order valence-corrected chi connectivity index (χ0v) is 13.2. The monoisotopic (exact) mass is 302 g/mol. The molecule has 2 N–H and O–H groups in total. The second kappa shape index (κ2) is 6.35. The van der Waals surface area contributed by atoms with Gasteiger partial charge in [-0.25, -0.2) is 13.1 Å². The topological polar surface area (TPSA) is 58.2 Å². The van der Waals surface area contributed by atoms with E-state index in [0.717, 1.165) is 23.3 Å². The third-order valence-electron chi connectivity index (χ3n) is 3.21. The second-order valence-electron chi connectivity index (χ2n) is 5.08. The zero-order chi connectivity index (χ0) is 13.9. The molecule has 0 amide bonds. The minimum atomic E-state index is -3.36. The highest BCUT2D eigenvalue weighted by atomic mass is 32.2. The van der Waals surface area contributed by atoms with Gasteiger partial charge in [-0.15, -0.1) is 11.3 Å². The van der Waals surface area contributed by atoms with E-state index in [1.54, 1.807) is 0 Å². The molecule has 1 aliphatic carbocycles. The fourth-order valence-electron chi connectivity index (χ4n) is 1.95. The summed E-state index contributed by atoms with van der Waals surface area (Å²) in [5, 5.41) is 5.31. The molecule has 0 bridgehead atoms. The van der Waals surface area contributed by atoms with Crippen molar-refractivity contribution in [3.8, 4) is 0 Å². The normalized spacial score (nSPS) is 15.9. The molecule has 0 saturated heterocycles. The van der Waals surface area contributed by atoms with Crippen LogP contribution in [0.4, 0.5) is 0 Å². The molecule has 19 heavy (non-hydrogen) atoms. The van der Waals surface area contributed by atoms with Crippen molar-refractivity contribution in [1.29, 1.82) is 0 Å². The quantitative estimate of drug-likeness (QED) is 0.725. The lowest BCUT2D eigenvalue weighted by molar-refractivity contribution is 0.575. The summed E-state index contributed by atoms with van der Waals surface area (Å²) in [5.41, 5.74) is 0.849. The largest absolute Gasteiger partial charge is 0.309 e. The van der Waals surface area contributed by atoms with Crippen LogP contribution in [0.15, 0.2) is 10.3 Å². The Morgan fingerprint density at radius 1 is 1.42 bits per heavy atom. The lowest BCUT2D eigenvalue weighted by Gasteiger charge is -2.09. The van der Waals surface area contributed by atoms with E-state index >= 15 is 0 Å². The number of aryl methyl sites for hydroxylation is 1. The van der Waals surface area contributed by atoms with Gasteiger partial charge in [0.1, 0.15) is 4.90 Å². The molecule has 1 saturated carbocycles. The lowest BCUT2D eigenvalue weighted by Crippen LogP contribution is -2.26. The van der Waals surface area contributed by atoms with Crippen molar-refractivity contribution in [3.63, 3.8) is 0 Å². The van der Waals surface area contributed by atoms with Crippen molar-refractivity contribution in [3.05, 3.63) is 15.8 Å². The van der Waals surface area contributed by atoms with Crippen molar-refractivity contribution in [1.82, 2.24) is 10.0 Å². The molecular weight excluding hydrogens is 280 g/mol. The Morgan fingerprint density at radius 2 is 2.16 bits per heavy atom. The summed E-state index contributed by atoms with van der Waals surface area (Å²) in [6.07, 6.45) is 4.28. The van der Waals surface area contributed by atoms with Crippen molar-refractivity contribution in [2.24, 2.45) is 0 Å². The molecule has 2 rings (SSSR count). The minimum Gasteiger partial charge on any atom is -0.309 e. The van der Waals surface area contributed by atoms with Gasteiger partial charge in [0.05, 0.1) is 0 Å². The SMILES string of the molecule is CCCCNS(=O)(=O)c1c(C)csc1CNC1CC1. The second-order valence-corrected chi connectivity index (χ2v) is 7.75. The summed E-state index contributed by atoms with van der Waals surface area (Å²) in [5.74, 6) is 0. The zero-order valence-electron chi connectivity index (χ0n) is 11.5. The van der Waals surface area contributed by atoms with E-state index < -0.39 is 10.0 Å². The van der Waals surface area contributed by atoms with Gasteiger partial charge >= 0.3 is 0 Å². The Bertz CT molecular complexity index is 519. The maximum absolute atomic E-state index is 12.3. The Labute approximate surface area is 119 Å². The van der Waals surface area contributed by atoms with Crippen molar-refractivity contribution in [2.45, 2.75) is 57.0 Å². The highest BCUT2D eigenvalue weighted by molar-refractivity contribution is 7.89. The molecule has 1 heterocycles. The molecular formula is C13H22N2O2S2. The summed E-state index contributed by atoms with van der Waals surface area (Å²) >= 11 is 1.53. The van der Waals surface area contributed by atoms with E-state index in [4.69, 9.17) is 0 Å². The van der Waals surface area contributed by atoms with Gasteiger partial charge in [0.25, 0.3) is 0 Å². The average Bonchev–Trinajstić information content (AvgIpc) is 3.10. The Morgan fingerprint density at radius 3 is 2.79 bits per heavy atom. The van der Waals surface area contributed by atoms with Gasteiger partial charge < -0.3 is 5.32 Å². The third-order valence-corrected chi connectivity index (χ3v) is 6.13. The van der Waals surface area contributed by atoms with Crippen LogP contribution >= 0.6 is 11.3 Å². The summed E-state index contributed by atoms with van der Waals surface area (Å²) in [4.78, 5) is 1.41. The van der Waals surface area contributed by atoms with E-state index in [-0.39, 0.29) is 0 Å². The molecule has 1 aliphatic rings. The number of hydrogen-bond donors (Lipinski definition) is 2. The summed E-state index contributed by atoms with van der Waals surface area (Å²) in [7, 11) is -3.36. The fraction of sp³-hybridized carbons (Fsp3) is 0.692. The van der Waals surface area contributed by atoms with Crippen LogP contribution < -0.4 is 10.0 Å². The smallest absolute Gasteiger partial charge is 0.241 e. The van der Waals surface area contributed by atoms with Crippen LogP contribution in [0.1, 0.15) is 43.0 Å². The third kappa shape index (κ3) is 4.02. The molecule has 0 aromatic carbocycles. The standard InChI is InChI=1S/C13H22N2O2S2/c1-3-4-7-15-19(16,17)13-10(2)9-18-12(13)8-14-11-5-6-11/h9,11,14-15H,3-8H2,1-2H3. The van der Waals surface area contributed by atoms with E-state index in [9.17, 15) is 8.42 Å². The maximum atomic E-state index is 12.3. The van der Waals surface area contributed by atoms with Gasteiger partial charge in [0, 0.05) is 24.0 Å². The van der Waals surface area contributed by atoms with E-state index in [2.05, 4.69) is 17.0 Å². The van der Waals surface area contributed by atoms with Crippen molar-refractivity contribution < 1.29 is 8.42 Å². The van der Waals surface area contributed by atoms with Gasteiger partial charge in [-0.1, -0.05) is 13.3 Å². The summed E-state index contributed by atoms with van der Waals surface area (Å²) in [6, 6.07) is 0.589. The van der Waals surface area contributed by atoms with E-state index in [1.165, 1.54) is 24.2 Å². The summed E-state index contributed by atoms with van der Waals surface area (Å²) in [6.45, 7) is 5.09. The first-order valence-electron chi connectivity index (χ1n) is 6.84. The molecule has 0 unspecified atom stereocenters. The maximum Gasteiger partial charge on any atom is 0.241 e. The molecule has 0 atom stereocenters. The van der Waals surface area contributed by atoms with Crippen LogP contribution in [0.3, 0.4) is 0 Å². The Kier molecular flexibility index (Phi) is 5.00. The number of unbranched alkanes of at least 4 members (excludes halogenated alkanes) is 1. The summed E-state index contributed by atoms with van der Waals surface area (Å²) < 4.78 is 27.4. The number of rotatable bonds is 8. The molecule has 0 radical (unpaired) electrons. The van der Waals surface area contributed by atoms with Crippen LogP contribution in [0.25, 0.3) is 0 Å². The first-order chi connectivity index (χ1) is 9.04. The van der Waals surface area contributed by atoms with Crippen molar-refractivity contribution >= 4 is 21.4 Å². The van der Waals surface area contributed by atoms with Gasteiger partial charge in [-0.2, -0.15) is 0 Å².